The molecular weight excluding hydrogens is 837 g/mol. The largest absolute Gasteiger partial charge is 0.455 e. The summed E-state index contributed by atoms with van der Waals surface area (Å²) in [4.78, 5) is 0. The molecule has 0 aliphatic carbocycles. The fourth-order valence-electron chi connectivity index (χ4n) is 11.0. The molecule has 0 saturated heterocycles. The molecule has 0 unspecified atom stereocenters. The molecule has 14 aromatic rings. The monoisotopic (exact) mass is 878 g/mol. The molecule has 3 heteroatoms. The van der Waals surface area contributed by atoms with E-state index >= 15 is 0 Å². The fourth-order valence-corrected chi connectivity index (χ4v) is 11.0. The van der Waals surface area contributed by atoms with Crippen molar-refractivity contribution in [2.75, 3.05) is 0 Å². The van der Waals surface area contributed by atoms with E-state index in [1.54, 1.807) is 0 Å². The van der Waals surface area contributed by atoms with Crippen LogP contribution in [0.25, 0.3) is 133 Å². The van der Waals surface area contributed by atoms with Crippen molar-refractivity contribution in [3.8, 4) is 67.0 Å². The lowest BCUT2D eigenvalue weighted by molar-refractivity contribution is 0.670. The second-order valence-corrected chi connectivity index (χ2v) is 18.0. The molecule has 322 valence electrons. The van der Waals surface area contributed by atoms with Crippen molar-refractivity contribution in [3.63, 3.8) is 0 Å². The third-order valence-corrected chi connectivity index (χ3v) is 14.1. The van der Waals surface area contributed by atoms with Crippen LogP contribution in [-0.4, -0.2) is 9.13 Å². The van der Waals surface area contributed by atoms with E-state index in [0.29, 0.717) is 0 Å². The minimum atomic E-state index is 0.898. The number of hydrogen-bond acceptors (Lipinski definition) is 1. The second-order valence-electron chi connectivity index (χ2n) is 18.0. The first-order valence-electron chi connectivity index (χ1n) is 23.7. The van der Waals surface area contributed by atoms with E-state index in [-0.39, 0.29) is 0 Å². The van der Waals surface area contributed by atoms with Gasteiger partial charge >= 0.3 is 0 Å². The van der Waals surface area contributed by atoms with Crippen molar-refractivity contribution < 1.29 is 4.42 Å². The normalized spacial score (nSPS) is 11.8. The maximum absolute atomic E-state index is 6.60. The summed E-state index contributed by atoms with van der Waals surface area (Å²) in [5.41, 5.74) is 20.4. The van der Waals surface area contributed by atoms with Crippen LogP contribution in [0.1, 0.15) is 0 Å². The molecule has 0 aliphatic heterocycles. The van der Waals surface area contributed by atoms with E-state index in [9.17, 15) is 0 Å². The van der Waals surface area contributed by atoms with Crippen LogP contribution in [0.4, 0.5) is 0 Å². The van der Waals surface area contributed by atoms with E-state index in [2.05, 4.69) is 258 Å². The van der Waals surface area contributed by atoms with Gasteiger partial charge in [-0.25, -0.2) is 0 Å². The molecule has 3 nitrogen and oxygen atoms in total. The number of hydrogen-bond donors (Lipinski definition) is 0. The summed E-state index contributed by atoms with van der Waals surface area (Å²) in [6, 6.07) is 92.5. The molecule has 69 heavy (non-hydrogen) atoms. The third kappa shape index (κ3) is 6.29. The number of rotatable bonds is 7. The molecule has 0 N–H and O–H groups in total. The van der Waals surface area contributed by atoms with Gasteiger partial charge in [0.2, 0.25) is 0 Å². The highest BCUT2D eigenvalue weighted by Gasteiger charge is 2.21. The zero-order valence-electron chi connectivity index (χ0n) is 37.6. The van der Waals surface area contributed by atoms with Gasteiger partial charge < -0.3 is 13.6 Å². The average molecular weight is 879 g/mol. The van der Waals surface area contributed by atoms with Gasteiger partial charge in [-0.3, -0.25) is 0 Å². The Kier molecular flexibility index (Phi) is 8.90. The Bertz CT molecular complexity index is 4290. The highest BCUT2D eigenvalue weighted by atomic mass is 16.3. The summed E-state index contributed by atoms with van der Waals surface area (Å²) in [7, 11) is 0. The van der Waals surface area contributed by atoms with Crippen LogP contribution in [0.3, 0.4) is 0 Å². The predicted molar refractivity (Wildman–Crippen MR) is 290 cm³/mol. The van der Waals surface area contributed by atoms with Gasteiger partial charge in [-0.2, -0.15) is 0 Å². The Balaban J connectivity index is 0.970. The molecule has 0 spiro atoms. The standard InChI is InChI=1S/C66H42N2O/c1-4-17-43(18-5-1)45-21-14-22-48(39-45)52-27-16-31-62-65(52)58-41-47(35-38-61(58)67(62)50-23-8-3-9-24-50)46-34-37-60-57(40-46)54-25-10-12-30-59(54)68(60)63-42-49(33-36-51(63)44-19-6-2-7-20-44)53-28-15-29-56-55-26-11-13-32-64(55)69-66(53)56/h1-42H. The van der Waals surface area contributed by atoms with Crippen LogP contribution in [0.5, 0.6) is 0 Å². The minimum Gasteiger partial charge on any atom is -0.455 e. The summed E-state index contributed by atoms with van der Waals surface area (Å²) in [5.74, 6) is 0. The molecule has 0 radical (unpaired) electrons. The zero-order chi connectivity index (χ0) is 45.4. The highest BCUT2D eigenvalue weighted by Crippen LogP contribution is 2.44. The number of fused-ring (bicyclic) bond motifs is 9. The van der Waals surface area contributed by atoms with Crippen molar-refractivity contribution >= 4 is 65.6 Å². The third-order valence-electron chi connectivity index (χ3n) is 14.1. The van der Waals surface area contributed by atoms with E-state index in [0.717, 1.165) is 66.6 Å². The number of furan rings is 1. The SMILES string of the molecule is c1ccc(-c2cccc(-c3cccc4c3c3cc(-c5ccc6c(c5)c5ccccc5n6-c5cc(-c6cccc7c6oc6ccccc67)ccc5-c5ccccc5)ccc3n4-c3ccccc3)c2)cc1. The van der Waals surface area contributed by atoms with Gasteiger partial charge in [0.15, 0.2) is 0 Å². The van der Waals surface area contributed by atoms with Crippen molar-refractivity contribution in [1.29, 1.82) is 0 Å². The zero-order valence-corrected chi connectivity index (χ0v) is 37.6. The molecule has 11 aromatic carbocycles. The Morgan fingerprint density at radius 3 is 1.61 bits per heavy atom. The van der Waals surface area contributed by atoms with Gasteiger partial charge in [0.1, 0.15) is 11.2 Å². The number of benzene rings is 11. The van der Waals surface area contributed by atoms with Gasteiger partial charge in [-0.05, 0) is 111 Å². The summed E-state index contributed by atoms with van der Waals surface area (Å²) in [6.07, 6.45) is 0. The molecule has 0 fully saturated rings. The number of nitrogens with zero attached hydrogens (tertiary/aromatic N) is 2. The lowest BCUT2D eigenvalue weighted by Gasteiger charge is -2.16. The summed E-state index contributed by atoms with van der Waals surface area (Å²) in [5, 5.41) is 7.13. The molecule has 0 bridgehead atoms. The van der Waals surface area contributed by atoms with E-state index < -0.39 is 0 Å². The summed E-state index contributed by atoms with van der Waals surface area (Å²) in [6.45, 7) is 0. The highest BCUT2D eigenvalue weighted by molar-refractivity contribution is 6.17. The second kappa shape index (κ2) is 15.7. The first-order chi connectivity index (χ1) is 34.2. The average Bonchev–Trinajstić information content (AvgIpc) is 4.09. The minimum absolute atomic E-state index is 0.898. The van der Waals surface area contributed by atoms with Crippen LogP contribution in [0.2, 0.25) is 0 Å². The van der Waals surface area contributed by atoms with Crippen LogP contribution in [0, 0.1) is 0 Å². The van der Waals surface area contributed by atoms with Crippen molar-refractivity contribution in [2.45, 2.75) is 0 Å². The Hall–Kier alpha value is -9.18. The lowest BCUT2D eigenvalue weighted by Crippen LogP contribution is -1.98. The van der Waals surface area contributed by atoms with E-state index in [1.807, 2.05) is 6.07 Å². The van der Waals surface area contributed by atoms with Crippen LogP contribution < -0.4 is 0 Å². The summed E-state index contributed by atoms with van der Waals surface area (Å²) < 4.78 is 11.5. The number of aromatic nitrogens is 2. The Labute approximate surface area is 399 Å². The first-order valence-corrected chi connectivity index (χ1v) is 23.7. The topological polar surface area (TPSA) is 23.0 Å². The van der Waals surface area contributed by atoms with Gasteiger partial charge in [-0.1, -0.05) is 188 Å². The molecular formula is C66H42N2O. The molecule has 0 saturated carbocycles. The molecule has 3 heterocycles. The van der Waals surface area contributed by atoms with Crippen LogP contribution in [0.15, 0.2) is 259 Å². The Morgan fingerprint density at radius 2 is 0.797 bits per heavy atom. The Morgan fingerprint density at radius 1 is 0.261 bits per heavy atom. The van der Waals surface area contributed by atoms with Gasteiger partial charge in [0.25, 0.3) is 0 Å². The van der Waals surface area contributed by atoms with E-state index in [4.69, 9.17) is 4.42 Å². The molecule has 3 aromatic heterocycles. The smallest absolute Gasteiger partial charge is 0.143 e. The fraction of sp³-hybridized carbons (Fsp3) is 0. The number of para-hydroxylation sites is 4. The van der Waals surface area contributed by atoms with Gasteiger partial charge in [-0.15, -0.1) is 0 Å². The van der Waals surface area contributed by atoms with Crippen LogP contribution >= 0.6 is 0 Å². The van der Waals surface area contributed by atoms with Crippen molar-refractivity contribution in [3.05, 3.63) is 255 Å². The summed E-state index contributed by atoms with van der Waals surface area (Å²) >= 11 is 0. The van der Waals surface area contributed by atoms with Gasteiger partial charge in [0.05, 0.1) is 27.8 Å². The first kappa shape index (κ1) is 39.0. The molecule has 0 atom stereocenters. The lowest BCUT2D eigenvalue weighted by atomic mass is 9.95. The van der Waals surface area contributed by atoms with Crippen LogP contribution in [-0.2, 0) is 0 Å². The predicted octanol–water partition coefficient (Wildman–Crippen LogP) is 18.1. The van der Waals surface area contributed by atoms with Crippen molar-refractivity contribution in [2.24, 2.45) is 0 Å². The molecule has 0 aliphatic rings. The van der Waals surface area contributed by atoms with Gasteiger partial charge in [0, 0.05) is 49.1 Å². The quantitative estimate of drug-likeness (QED) is 0.156. The van der Waals surface area contributed by atoms with E-state index in [1.165, 1.54) is 66.0 Å². The van der Waals surface area contributed by atoms with Crippen molar-refractivity contribution in [1.82, 2.24) is 9.13 Å². The maximum atomic E-state index is 6.60. The molecule has 14 rings (SSSR count). The maximum Gasteiger partial charge on any atom is 0.143 e. The molecule has 0 amide bonds.